The average Bonchev–Trinajstić information content (AvgIpc) is 3.20. The molecule has 164 valence electrons. The number of aromatic nitrogens is 2. The molecule has 1 fully saturated rings. The number of hydrogen-bond donors (Lipinski definition) is 1. The number of unbranched alkanes of at least 4 members (excludes halogenated alkanes) is 1. The van der Waals surface area contributed by atoms with Crippen molar-refractivity contribution in [2.75, 3.05) is 19.6 Å². The monoisotopic (exact) mass is 442 g/mol. The van der Waals surface area contributed by atoms with Gasteiger partial charge in [0.15, 0.2) is 5.69 Å². The summed E-state index contributed by atoms with van der Waals surface area (Å²) in [6, 6.07) is 11.9. The van der Waals surface area contributed by atoms with Crippen molar-refractivity contribution >= 4 is 28.4 Å². The van der Waals surface area contributed by atoms with E-state index in [9.17, 15) is 9.18 Å². The summed E-state index contributed by atoms with van der Waals surface area (Å²) >= 11 is 6.18. The molecule has 0 radical (unpaired) electrons. The molecule has 0 spiro atoms. The fourth-order valence-corrected chi connectivity index (χ4v) is 4.45. The highest BCUT2D eigenvalue weighted by atomic mass is 35.5. The number of nitrogens with zero attached hydrogens (tertiary/aromatic N) is 3. The third-order valence-corrected chi connectivity index (χ3v) is 6.32. The molecule has 2 aromatic carbocycles. The number of rotatable bonds is 7. The van der Waals surface area contributed by atoms with E-state index in [-0.39, 0.29) is 17.8 Å². The van der Waals surface area contributed by atoms with Crippen LogP contribution in [0, 0.1) is 5.82 Å². The molecule has 2 heterocycles. The molecule has 1 N–H and O–H groups in total. The van der Waals surface area contributed by atoms with Gasteiger partial charge in [0.2, 0.25) is 0 Å². The van der Waals surface area contributed by atoms with Gasteiger partial charge in [0, 0.05) is 36.1 Å². The first-order chi connectivity index (χ1) is 15.0. The Morgan fingerprint density at radius 3 is 2.68 bits per heavy atom. The van der Waals surface area contributed by atoms with Crippen molar-refractivity contribution in [2.45, 2.75) is 45.2 Å². The summed E-state index contributed by atoms with van der Waals surface area (Å²) in [7, 11) is 0. The predicted octanol–water partition coefficient (Wildman–Crippen LogP) is 5.26. The van der Waals surface area contributed by atoms with Crippen molar-refractivity contribution < 1.29 is 9.18 Å². The Balaban J connectivity index is 1.59. The molecule has 7 heteroatoms. The van der Waals surface area contributed by atoms with Crippen molar-refractivity contribution in [1.82, 2.24) is 20.0 Å². The van der Waals surface area contributed by atoms with Crippen LogP contribution in [0.3, 0.4) is 0 Å². The minimum Gasteiger partial charge on any atom is -0.330 e. The second-order valence-corrected chi connectivity index (χ2v) is 8.68. The average molecular weight is 443 g/mol. The number of fused-ring (bicyclic) bond motifs is 1. The molecule has 4 rings (SSSR count). The summed E-state index contributed by atoms with van der Waals surface area (Å²) in [5.41, 5.74) is 2.07. The topological polar surface area (TPSA) is 52.2 Å². The molecule has 31 heavy (non-hydrogen) atoms. The van der Waals surface area contributed by atoms with E-state index in [1.807, 2.05) is 11.0 Å². The molecule has 5 nitrogen and oxygen atoms in total. The van der Waals surface area contributed by atoms with Crippen LogP contribution in [0.4, 0.5) is 4.39 Å². The lowest BCUT2D eigenvalue weighted by Crippen LogP contribution is -2.47. The first-order valence-corrected chi connectivity index (χ1v) is 11.3. The number of halogens is 2. The summed E-state index contributed by atoms with van der Waals surface area (Å²) in [5.74, 6) is -0.399. The molecule has 1 aliphatic rings. The Kier molecular flexibility index (Phi) is 6.88. The number of benzene rings is 2. The Labute approximate surface area is 187 Å². The molecule has 1 amide bonds. The van der Waals surface area contributed by atoms with Gasteiger partial charge in [0.1, 0.15) is 5.82 Å². The van der Waals surface area contributed by atoms with E-state index in [0.717, 1.165) is 48.9 Å². The molecule has 3 aromatic rings. The molecule has 0 unspecified atom stereocenters. The summed E-state index contributed by atoms with van der Waals surface area (Å²) in [6.07, 6.45) is 4.21. The molecule has 0 atom stereocenters. The minimum absolute atomic E-state index is 0.112. The number of amides is 1. The second kappa shape index (κ2) is 9.79. The number of piperidine rings is 1. The van der Waals surface area contributed by atoms with E-state index in [2.05, 4.69) is 22.0 Å². The summed E-state index contributed by atoms with van der Waals surface area (Å²) in [6.45, 7) is 5.69. The van der Waals surface area contributed by atoms with E-state index in [0.29, 0.717) is 17.3 Å². The number of hydrogen-bond acceptors (Lipinski definition) is 3. The van der Waals surface area contributed by atoms with Gasteiger partial charge in [-0.2, -0.15) is 5.10 Å². The van der Waals surface area contributed by atoms with Gasteiger partial charge < -0.3 is 9.80 Å². The van der Waals surface area contributed by atoms with Crippen LogP contribution in [0.25, 0.3) is 10.9 Å². The van der Waals surface area contributed by atoms with Crippen LogP contribution in [0.2, 0.25) is 5.02 Å². The molecular formula is C24H28ClFN4O. The van der Waals surface area contributed by atoms with E-state index >= 15 is 0 Å². The Morgan fingerprint density at radius 2 is 1.97 bits per heavy atom. The van der Waals surface area contributed by atoms with Gasteiger partial charge in [-0.1, -0.05) is 37.1 Å². The van der Waals surface area contributed by atoms with Crippen LogP contribution in [0.5, 0.6) is 0 Å². The lowest BCUT2D eigenvalue weighted by atomic mass is 10.0. The number of carbonyl (C=O) groups excluding carboxylic acids is 1. The van der Waals surface area contributed by atoms with E-state index < -0.39 is 0 Å². The SMILES string of the molecule is CCCCN1CCC(N(Cc2ccc(F)cc2)C(=O)c2n[nH]c3ccc(Cl)cc23)CC1. The van der Waals surface area contributed by atoms with Gasteiger partial charge in [-0.05, 0) is 61.7 Å². The third kappa shape index (κ3) is 5.08. The zero-order chi connectivity index (χ0) is 21.8. The summed E-state index contributed by atoms with van der Waals surface area (Å²) in [5, 5.41) is 8.55. The maximum atomic E-state index is 13.7. The molecule has 0 bridgehead atoms. The maximum Gasteiger partial charge on any atom is 0.275 e. The van der Waals surface area contributed by atoms with Gasteiger partial charge in [-0.25, -0.2) is 4.39 Å². The zero-order valence-corrected chi connectivity index (χ0v) is 18.5. The van der Waals surface area contributed by atoms with Crippen molar-refractivity contribution in [1.29, 1.82) is 0 Å². The zero-order valence-electron chi connectivity index (χ0n) is 17.8. The Hall–Kier alpha value is -2.44. The first-order valence-electron chi connectivity index (χ1n) is 11.0. The van der Waals surface area contributed by atoms with Crippen molar-refractivity contribution in [3.63, 3.8) is 0 Å². The van der Waals surface area contributed by atoms with Crippen LogP contribution in [-0.4, -0.2) is 51.6 Å². The highest BCUT2D eigenvalue weighted by molar-refractivity contribution is 6.31. The molecular weight excluding hydrogens is 415 g/mol. The van der Waals surface area contributed by atoms with Crippen molar-refractivity contribution in [3.05, 3.63) is 64.6 Å². The summed E-state index contributed by atoms with van der Waals surface area (Å²) in [4.78, 5) is 18.0. The maximum absolute atomic E-state index is 13.7. The van der Waals surface area contributed by atoms with Gasteiger partial charge in [0.25, 0.3) is 5.91 Å². The minimum atomic E-state index is -0.279. The molecule has 0 aliphatic carbocycles. The third-order valence-electron chi connectivity index (χ3n) is 6.08. The molecule has 1 saturated heterocycles. The van der Waals surface area contributed by atoms with Crippen LogP contribution in [0.15, 0.2) is 42.5 Å². The number of carbonyl (C=O) groups is 1. The molecule has 1 aliphatic heterocycles. The van der Waals surface area contributed by atoms with Gasteiger partial charge >= 0.3 is 0 Å². The largest absolute Gasteiger partial charge is 0.330 e. The van der Waals surface area contributed by atoms with E-state index in [4.69, 9.17) is 11.6 Å². The lowest BCUT2D eigenvalue weighted by Gasteiger charge is -2.38. The summed E-state index contributed by atoms with van der Waals surface area (Å²) < 4.78 is 13.4. The number of H-pyrrole nitrogens is 1. The van der Waals surface area contributed by atoms with Crippen LogP contribution in [-0.2, 0) is 6.54 Å². The van der Waals surface area contributed by atoms with Crippen molar-refractivity contribution in [2.24, 2.45) is 0 Å². The first kappa shape index (κ1) is 21.8. The van der Waals surface area contributed by atoms with Crippen LogP contribution >= 0.6 is 11.6 Å². The number of likely N-dealkylation sites (tertiary alicyclic amines) is 1. The number of nitrogens with one attached hydrogen (secondary N) is 1. The smallest absolute Gasteiger partial charge is 0.275 e. The highest BCUT2D eigenvalue weighted by Crippen LogP contribution is 2.26. The van der Waals surface area contributed by atoms with Gasteiger partial charge in [-0.3, -0.25) is 9.89 Å². The van der Waals surface area contributed by atoms with Gasteiger partial charge in [-0.15, -0.1) is 0 Å². The van der Waals surface area contributed by atoms with Crippen molar-refractivity contribution in [3.8, 4) is 0 Å². The fraction of sp³-hybridized carbons (Fsp3) is 0.417. The highest BCUT2D eigenvalue weighted by Gasteiger charge is 2.30. The van der Waals surface area contributed by atoms with Gasteiger partial charge in [0.05, 0.1) is 5.52 Å². The normalized spacial score (nSPS) is 15.5. The fourth-order valence-electron chi connectivity index (χ4n) is 4.27. The van der Waals surface area contributed by atoms with E-state index in [1.165, 1.54) is 25.0 Å². The number of aromatic amines is 1. The quantitative estimate of drug-likeness (QED) is 0.542. The standard InChI is InChI=1S/C24H28ClFN4O/c1-2-3-12-29-13-10-20(11-14-29)30(16-17-4-7-19(26)8-5-17)24(31)23-21-15-18(25)6-9-22(21)27-28-23/h4-9,15,20H,2-3,10-14,16H2,1H3,(H,27,28). The second-order valence-electron chi connectivity index (χ2n) is 8.25. The Morgan fingerprint density at radius 1 is 1.23 bits per heavy atom. The molecule has 1 aromatic heterocycles. The van der Waals surface area contributed by atoms with Crippen LogP contribution in [0.1, 0.15) is 48.7 Å². The predicted molar refractivity (Wildman–Crippen MR) is 122 cm³/mol. The van der Waals surface area contributed by atoms with E-state index in [1.54, 1.807) is 24.3 Å². The molecule has 0 saturated carbocycles. The lowest BCUT2D eigenvalue weighted by molar-refractivity contribution is 0.0545. The Bertz CT molecular complexity index is 1030. The van der Waals surface area contributed by atoms with Crippen LogP contribution < -0.4 is 0 Å².